The molecule has 2 N–H and O–H groups in total. The number of benzene rings is 1. The molecule has 3 aromatic rings. The first-order valence-electron chi connectivity index (χ1n) is 9.75. The number of aromatic nitrogens is 3. The number of ether oxygens (including phenoxy) is 1. The fraction of sp³-hybridized carbons (Fsp3) is 0.381. The maximum absolute atomic E-state index is 5.86. The summed E-state index contributed by atoms with van der Waals surface area (Å²) in [5.74, 6) is 3.73. The lowest BCUT2D eigenvalue weighted by molar-refractivity contribution is 0.312. The molecule has 2 atom stereocenters. The van der Waals surface area contributed by atoms with Crippen LogP contribution in [0, 0.1) is 6.92 Å². The Morgan fingerprint density at radius 1 is 1.31 bits per heavy atom. The van der Waals surface area contributed by atoms with E-state index in [4.69, 9.17) is 9.73 Å². The topological polar surface area (TPSA) is 76.4 Å². The Kier molecular flexibility index (Phi) is 5.80. The molecule has 0 spiro atoms. The molecule has 29 heavy (non-hydrogen) atoms. The average molecular weight is 411 g/mol. The molecule has 8 heteroatoms. The van der Waals surface area contributed by atoms with Crippen LogP contribution in [0.2, 0.25) is 0 Å². The van der Waals surface area contributed by atoms with E-state index in [0.717, 1.165) is 29.9 Å². The van der Waals surface area contributed by atoms with Crippen LogP contribution in [0.15, 0.2) is 46.8 Å². The molecular formula is C21H26N6OS. The molecule has 2 unspecified atom stereocenters. The summed E-state index contributed by atoms with van der Waals surface area (Å²) in [5.41, 5.74) is 1.24. The minimum atomic E-state index is 0.162. The van der Waals surface area contributed by atoms with Gasteiger partial charge in [-0.2, -0.15) is 0 Å². The van der Waals surface area contributed by atoms with Crippen molar-refractivity contribution in [1.29, 1.82) is 0 Å². The van der Waals surface area contributed by atoms with E-state index in [2.05, 4.69) is 57.4 Å². The Labute approximate surface area is 174 Å². The van der Waals surface area contributed by atoms with Gasteiger partial charge in [0.2, 0.25) is 0 Å². The number of nitrogens with one attached hydrogen (secondary N) is 2. The third-order valence-corrected chi connectivity index (χ3v) is 6.15. The summed E-state index contributed by atoms with van der Waals surface area (Å²) >= 11 is 1.73. The Hall–Kier alpha value is -2.87. The van der Waals surface area contributed by atoms with Crippen LogP contribution in [0.5, 0.6) is 5.75 Å². The summed E-state index contributed by atoms with van der Waals surface area (Å²) in [6, 6.07) is 12.6. The van der Waals surface area contributed by atoms with Gasteiger partial charge in [0, 0.05) is 29.4 Å². The molecule has 2 aromatic heterocycles. The molecule has 1 aromatic carbocycles. The summed E-state index contributed by atoms with van der Waals surface area (Å²) in [5, 5.41) is 17.4. The molecule has 3 heterocycles. The number of para-hydroxylation sites is 1. The van der Waals surface area contributed by atoms with Crippen molar-refractivity contribution < 1.29 is 4.74 Å². The van der Waals surface area contributed by atoms with Crippen LogP contribution in [0.25, 0.3) is 0 Å². The average Bonchev–Trinajstić information content (AvgIpc) is 3.46. The van der Waals surface area contributed by atoms with Gasteiger partial charge in [-0.1, -0.05) is 24.3 Å². The number of rotatable bonds is 6. The zero-order valence-corrected chi connectivity index (χ0v) is 17.7. The summed E-state index contributed by atoms with van der Waals surface area (Å²) in [6.07, 6.45) is 0. The second-order valence-electron chi connectivity index (χ2n) is 7.21. The smallest absolute Gasteiger partial charge is 0.192 e. The van der Waals surface area contributed by atoms with E-state index in [1.807, 2.05) is 30.7 Å². The number of aliphatic imine (C=N–C) groups is 1. The quantitative estimate of drug-likeness (QED) is 0.483. The molecule has 7 nitrogen and oxygen atoms in total. The Balaban J connectivity index is 1.48. The van der Waals surface area contributed by atoms with Crippen LogP contribution in [0.4, 0.5) is 0 Å². The van der Waals surface area contributed by atoms with E-state index < -0.39 is 0 Å². The van der Waals surface area contributed by atoms with Crippen molar-refractivity contribution in [3.05, 3.63) is 63.9 Å². The first-order chi connectivity index (χ1) is 14.1. The Morgan fingerprint density at radius 3 is 2.93 bits per heavy atom. The fourth-order valence-electron chi connectivity index (χ4n) is 3.39. The largest absolute Gasteiger partial charge is 0.493 e. The highest BCUT2D eigenvalue weighted by Gasteiger charge is 2.29. The lowest BCUT2D eigenvalue weighted by Gasteiger charge is -2.22. The van der Waals surface area contributed by atoms with Crippen molar-refractivity contribution in [3.8, 4) is 5.75 Å². The van der Waals surface area contributed by atoms with Crippen LogP contribution >= 0.6 is 11.3 Å². The maximum Gasteiger partial charge on any atom is 0.192 e. The van der Waals surface area contributed by atoms with Gasteiger partial charge in [-0.15, -0.1) is 21.5 Å². The zero-order chi connectivity index (χ0) is 20.2. The number of nitrogens with zero attached hydrogens (tertiary/aromatic N) is 4. The number of guanidine groups is 1. The molecule has 4 rings (SSSR count). The fourth-order valence-corrected chi connectivity index (χ4v) is 4.04. The molecule has 0 saturated carbocycles. The second kappa shape index (κ2) is 8.65. The Morgan fingerprint density at radius 2 is 2.17 bits per heavy atom. The van der Waals surface area contributed by atoms with Gasteiger partial charge in [0.1, 0.15) is 18.1 Å². The normalized spacial score (nSPS) is 16.9. The summed E-state index contributed by atoms with van der Waals surface area (Å²) in [6.45, 7) is 5.97. The van der Waals surface area contributed by atoms with E-state index in [9.17, 15) is 0 Å². The van der Waals surface area contributed by atoms with Gasteiger partial charge in [-0.25, -0.2) is 4.99 Å². The minimum Gasteiger partial charge on any atom is -0.493 e. The standard InChI is InChI=1S/C21H26N6OS/c1-14(18-13-28-19-9-5-4-8-17(18)19)24-21(22-11-16-7-6-10-29-16)23-12-20-26-25-15(2)27(20)3/h4-10,14,18H,11-13H2,1-3H3,(H2,22,23,24). The maximum atomic E-state index is 5.86. The van der Waals surface area contributed by atoms with Crippen molar-refractivity contribution in [2.24, 2.45) is 12.0 Å². The van der Waals surface area contributed by atoms with E-state index in [1.165, 1.54) is 10.4 Å². The van der Waals surface area contributed by atoms with Crippen molar-refractivity contribution in [3.63, 3.8) is 0 Å². The lowest BCUT2D eigenvalue weighted by Crippen LogP contribution is -2.44. The first kappa shape index (κ1) is 19.4. The molecule has 1 aliphatic rings. The van der Waals surface area contributed by atoms with Crippen LogP contribution in [0.3, 0.4) is 0 Å². The van der Waals surface area contributed by atoms with Gasteiger partial charge in [0.15, 0.2) is 11.8 Å². The number of hydrogen-bond donors (Lipinski definition) is 2. The van der Waals surface area contributed by atoms with Crippen LogP contribution in [-0.4, -0.2) is 33.4 Å². The Bertz CT molecular complexity index is 981. The molecular weight excluding hydrogens is 384 g/mol. The third kappa shape index (κ3) is 4.42. The summed E-state index contributed by atoms with van der Waals surface area (Å²) in [4.78, 5) is 6.03. The molecule has 0 saturated heterocycles. The van der Waals surface area contributed by atoms with Crippen molar-refractivity contribution in [2.45, 2.75) is 38.9 Å². The SMILES string of the molecule is Cc1nnc(CN=C(NCc2cccs2)NC(C)C2COc3ccccc32)n1C. The van der Waals surface area contributed by atoms with Gasteiger partial charge in [0.25, 0.3) is 0 Å². The molecule has 0 fully saturated rings. The van der Waals surface area contributed by atoms with Crippen molar-refractivity contribution in [2.75, 3.05) is 6.61 Å². The predicted octanol–water partition coefficient (Wildman–Crippen LogP) is 2.99. The monoisotopic (exact) mass is 410 g/mol. The summed E-state index contributed by atoms with van der Waals surface area (Å²) in [7, 11) is 1.96. The van der Waals surface area contributed by atoms with E-state index in [0.29, 0.717) is 13.2 Å². The van der Waals surface area contributed by atoms with Gasteiger partial charge in [-0.05, 0) is 31.4 Å². The molecule has 0 bridgehead atoms. The number of thiophene rings is 1. The van der Waals surface area contributed by atoms with Gasteiger partial charge in [-0.3, -0.25) is 0 Å². The molecule has 0 aliphatic carbocycles. The molecule has 0 radical (unpaired) electrons. The zero-order valence-electron chi connectivity index (χ0n) is 16.9. The van der Waals surface area contributed by atoms with Crippen molar-refractivity contribution in [1.82, 2.24) is 25.4 Å². The number of aryl methyl sites for hydroxylation is 1. The van der Waals surface area contributed by atoms with Gasteiger partial charge in [0.05, 0.1) is 13.2 Å². The summed E-state index contributed by atoms with van der Waals surface area (Å²) < 4.78 is 7.82. The van der Waals surface area contributed by atoms with Gasteiger partial charge >= 0.3 is 0 Å². The van der Waals surface area contributed by atoms with E-state index in [1.54, 1.807) is 11.3 Å². The molecule has 152 valence electrons. The first-order valence-corrected chi connectivity index (χ1v) is 10.6. The van der Waals surface area contributed by atoms with Crippen LogP contribution < -0.4 is 15.4 Å². The highest BCUT2D eigenvalue weighted by Crippen LogP contribution is 2.35. The number of hydrogen-bond acceptors (Lipinski definition) is 5. The predicted molar refractivity (Wildman–Crippen MR) is 115 cm³/mol. The van der Waals surface area contributed by atoms with E-state index in [-0.39, 0.29) is 12.0 Å². The van der Waals surface area contributed by atoms with Crippen LogP contribution in [0.1, 0.15) is 34.9 Å². The highest BCUT2D eigenvalue weighted by atomic mass is 32.1. The van der Waals surface area contributed by atoms with Crippen LogP contribution in [-0.2, 0) is 20.1 Å². The number of fused-ring (bicyclic) bond motifs is 1. The molecule has 0 amide bonds. The molecule has 1 aliphatic heterocycles. The van der Waals surface area contributed by atoms with E-state index >= 15 is 0 Å². The minimum absolute atomic E-state index is 0.162. The van der Waals surface area contributed by atoms with Crippen molar-refractivity contribution >= 4 is 17.3 Å². The van der Waals surface area contributed by atoms with Gasteiger partial charge < -0.3 is 19.9 Å². The highest BCUT2D eigenvalue weighted by molar-refractivity contribution is 7.09. The lowest BCUT2D eigenvalue weighted by atomic mass is 9.94. The second-order valence-corrected chi connectivity index (χ2v) is 8.24. The third-order valence-electron chi connectivity index (χ3n) is 5.28.